The number of rotatable bonds is 4. The molecule has 2 aliphatic heterocycles. The molecule has 23 heavy (non-hydrogen) atoms. The molecule has 0 amide bonds. The molecule has 2 aromatic rings. The third-order valence-electron chi connectivity index (χ3n) is 4.55. The molecule has 4 heterocycles. The van der Waals surface area contributed by atoms with Gasteiger partial charge in [0, 0.05) is 17.8 Å². The van der Waals surface area contributed by atoms with Crippen molar-refractivity contribution in [2.45, 2.75) is 32.6 Å². The van der Waals surface area contributed by atoms with Crippen molar-refractivity contribution in [2.75, 3.05) is 26.3 Å². The van der Waals surface area contributed by atoms with E-state index in [0.717, 1.165) is 67.9 Å². The lowest BCUT2D eigenvalue weighted by Crippen LogP contribution is -2.37. The fraction of sp³-hybridized carbons (Fsp3) is 0.588. The topological polar surface area (TPSA) is 47.7 Å². The van der Waals surface area contributed by atoms with Crippen molar-refractivity contribution in [1.82, 2.24) is 9.88 Å². The highest BCUT2D eigenvalue weighted by Crippen LogP contribution is 2.28. The summed E-state index contributed by atoms with van der Waals surface area (Å²) in [5.41, 5.74) is 1.13. The van der Waals surface area contributed by atoms with Crippen LogP contribution in [0.4, 0.5) is 0 Å². The van der Waals surface area contributed by atoms with E-state index in [1.807, 2.05) is 19.1 Å². The van der Waals surface area contributed by atoms with Gasteiger partial charge in [0.05, 0.1) is 18.9 Å². The molecule has 0 bridgehead atoms. The number of aryl methyl sites for hydroxylation is 1. The Morgan fingerprint density at radius 2 is 2.00 bits per heavy atom. The largest absolute Gasteiger partial charge is 0.459 e. The van der Waals surface area contributed by atoms with E-state index in [2.05, 4.69) is 10.3 Å². The van der Waals surface area contributed by atoms with Crippen LogP contribution in [0.25, 0.3) is 10.8 Å². The molecule has 2 aromatic heterocycles. The number of aromatic nitrogens is 1. The summed E-state index contributed by atoms with van der Waals surface area (Å²) in [6.07, 6.45) is 2.31. The Morgan fingerprint density at radius 1 is 1.22 bits per heavy atom. The lowest BCUT2D eigenvalue weighted by molar-refractivity contribution is -0.0978. The van der Waals surface area contributed by atoms with Crippen molar-refractivity contribution < 1.29 is 13.9 Å². The second kappa shape index (κ2) is 6.73. The van der Waals surface area contributed by atoms with Gasteiger partial charge < -0.3 is 13.9 Å². The molecule has 0 atom stereocenters. The first-order valence-corrected chi connectivity index (χ1v) is 9.13. The third-order valence-corrected chi connectivity index (χ3v) is 5.46. The lowest BCUT2D eigenvalue weighted by Gasteiger charge is -2.33. The highest BCUT2D eigenvalue weighted by Gasteiger charge is 2.30. The highest BCUT2D eigenvalue weighted by atomic mass is 32.1. The van der Waals surface area contributed by atoms with E-state index in [1.165, 1.54) is 0 Å². The van der Waals surface area contributed by atoms with Crippen LogP contribution in [0.15, 0.2) is 21.9 Å². The molecule has 0 aromatic carbocycles. The number of thiazole rings is 1. The number of ether oxygens (including phenoxy) is 2. The van der Waals surface area contributed by atoms with E-state index in [0.29, 0.717) is 5.92 Å². The predicted molar refractivity (Wildman–Crippen MR) is 88.2 cm³/mol. The van der Waals surface area contributed by atoms with Crippen molar-refractivity contribution in [3.8, 4) is 10.8 Å². The van der Waals surface area contributed by atoms with Gasteiger partial charge in [-0.15, -0.1) is 11.3 Å². The molecule has 4 rings (SSSR count). The zero-order valence-electron chi connectivity index (χ0n) is 13.4. The van der Waals surface area contributed by atoms with Gasteiger partial charge in [0.25, 0.3) is 0 Å². The summed E-state index contributed by atoms with van der Waals surface area (Å²) in [5.74, 6) is 2.34. The number of likely N-dealkylation sites (tertiary alicyclic amines) is 1. The molecular formula is C17H22N2O3S. The van der Waals surface area contributed by atoms with E-state index in [1.54, 1.807) is 11.3 Å². The fourth-order valence-electron chi connectivity index (χ4n) is 3.30. The average Bonchev–Trinajstić information content (AvgIpc) is 3.29. The van der Waals surface area contributed by atoms with Crippen molar-refractivity contribution in [3.05, 3.63) is 29.0 Å². The summed E-state index contributed by atoms with van der Waals surface area (Å²) >= 11 is 1.65. The number of furan rings is 1. The Hall–Kier alpha value is -1.21. The average molecular weight is 334 g/mol. The Balaban J connectivity index is 1.32. The van der Waals surface area contributed by atoms with Crippen LogP contribution in [0.5, 0.6) is 0 Å². The smallest absolute Gasteiger partial charge is 0.162 e. The molecule has 2 aliphatic rings. The van der Waals surface area contributed by atoms with Crippen molar-refractivity contribution in [3.63, 3.8) is 0 Å². The van der Waals surface area contributed by atoms with E-state index in [9.17, 15) is 0 Å². The summed E-state index contributed by atoms with van der Waals surface area (Å²) < 4.78 is 16.9. The molecule has 0 spiro atoms. The van der Waals surface area contributed by atoms with E-state index >= 15 is 0 Å². The second-order valence-electron chi connectivity index (χ2n) is 6.28. The molecule has 0 radical (unpaired) electrons. The van der Waals surface area contributed by atoms with Crippen LogP contribution in [0.1, 0.15) is 24.3 Å². The zero-order valence-corrected chi connectivity index (χ0v) is 14.2. The van der Waals surface area contributed by atoms with Crippen molar-refractivity contribution >= 4 is 11.3 Å². The summed E-state index contributed by atoms with van der Waals surface area (Å²) in [6.45, 7) is 6.54. The number of piperidine rings is 1. The van der Waals surface area contributed by atoms with Gasteiger partial charge in [-0.3, -0.25) is 4.90 Å². The second-order valence-corrected chi connectivity index (χ2v) is 7.14. The van der Waals surface area contributed by atoms with Gasteiger partial charge in [-0.05, 0) is 45.0 Å². The van der Waals surface area contributed by atoms with E-state index in [4.69, 9.17) is 18.9 Å². The Kier molecular flexibility index (Phi) is 4.48. The van der Waals surface area contributed by atoms with Gasteiger partial charge in [-0.1, -0.05) is 0 Å². The van der Waals surface area contributed by atoms with Gasteiger partial charge in [-0.2, -0.15) is 0 Å². The highest BCUT2D eigenvalue weighted by molar-refractivity contribution is 7.13. The van der Waals surface area contributed by atoms with Gasteiger partial charge in [0.1, 0.15) is 5.76 Å². The van der Waals surface area contributed by atoms with Crippen molar-refractivity contribution in [1.29, 1.82) is 0 Å². The summed E-state index contributed by atoms with van der Waals surface area (Å²) in [5, 5.41) is 3.11. The fourth-order valence-corrected chi connectivity index (χ4v) is 4.07. The van der Waals surface area contributed by atoms with Crippen LogP contribution < -0.4 is 0 Å². The summed E-state index contributed by atoms with van der Waals surface area (Å²) in [4.78, 5) is 7.19. The van der Waals surface area contributed by atoms with Crippen LogP contribution in [0.2, 0.25) is 0 Å². The minimum atomic E-state index is 0.0326. The number of hydrogen-bond acceptors (Lipinski definition) is 6. The monoisotopic (exact) mass is 334 g/mol. The number of nitrogens with zero attached hydrogens (tertiary/aromatic N) is 2. The first-order chi connectivity index (χ1) is 11.3. The molecule has 0 N–H and O–H groups in total. The maximum Gasteiger partial charge on any atom is 0.162 e. The van der Waals surface area contributed by atoms with E-state index in [-0.39, 0.29) is 6.29 Å². The Bertz CT molecular complexity index is 640. The molecule has 0 saturated carbocycles. The Labute approximate surface area is 140 Å². The van der Waals surface area contributed by atoms with E-state index < -0.39 is 0 Å². The summed E-state index contributed by atoms with van der Waals surface area (Å²) in [6, 6.07) is 3.97. The van der Waals surface area contributed by atoms with Crippen LogP contribution in [0, 0.1) is 12.8 Å². The minimum absolute atomic E-state index is 0.0326. The van der Waals surface area contributed by atoms with Crippen LogP contribution in [-0.4, -0.2) is 42.5 Å². The van der Waals surface area contributed by atoms with Gasteiger partial charge >= 0.3 is 0 Å². The van der Waals surface area contributed by atoms with Crippen molar-refractivity contribution in [2.24, 2.45) is 5.92 Å². The SMILES string of the molecule is Cc1ccc(-c2nc(CN3CCC(C4OCCO4)CC3)cs2)o1. The van der Waals surface area contributed by atoms with Gasteiger partial charge in [0.15, 0.2) is 17.1 Å². The minimum Gasteiger partial charge on any atom is -0.459 e. The molecular weight excluding hydrogens is 312 g/mol. The molecule has 0 aliphatic carbocycles. The first-order valence-electron chi connectivity index (χ1n) is 8.25. The quantitative estimate of drug-likeness (QED) is 0.858. The maximum absolute atomic E-state index is 5.65. The molecule has 124 valence electrons. The standard InChI is InChI=1S/C17H22N2O3S/c1-12-2-3-15(22-12)16-18-14(11-23-16)10-19-6-4-13(5-7-19)17-20-8-9-21-17/h2-3,11,13,17H,4-10H2,1H3. The molecule has 5 nitrogen and oxygen atoms in total. The zero-order chi connectivity index (χ0) is 15.6. The van der Waals surface area contributed by atoms with Crippen LogP contribution in [-0.2, 0) is 16.0 Å². The third kappa shape index (κ3) is 3.50. The molecule has 2 saturated heterocycles. The normalized spacial score (nSPS) is 21.3. The first kappa shape index (κ1) is 15.3. The molecule has 2 fully saturated rings. The summed E-state index contributed by atoms with van der Waals surface area (Å²) in [7, 11) is 0. The Morgan fingerprint density at radius 3 is 2.70 bits per heavy atom. The lowest BCUT2D eigenvalue weighted by atomic mass is 9.96. The molecule has 0 unspecified atom stereocenters. The maximum atomic E-state index is 5.65. The van der Waals surface area contributed by atoms with Crippen LogP contribution >= 0.6 is 11.3 Å². The van der Waals surface area contributed by atoms with Crippen LogP contribution in [0.3, 0.4) is 0 Å². The van der Waals surface area contributed by atoms with Gasteiger partial charge in [0.2, 0.25) is 0 Å². The van der Waals surface area contributed by atoms with Gasteiger partial charge in [-0.25, -0.2) is 4.98 Å². The predicted octanol–water partition coefficient (Wildman–Crippen LogP) is 3.30. The molecule has 6 heteroatoms. The number of hydrogen-bond donors (Lipinski definition) is 0.